The summed E-state index contributed by atoms with van der Waals surface area (Å²) in [5.74, 6) is 8.01. The van der Waals surface area contributed by atoms with E-state index in [1.807, 2.05) is 19.2 Å². The van der Waals surface area contributed by atoms with Crippen molar-refractivity contribution in [2.24, 2.45) is 22.6 Å². The van der Waals surface area contributed by atoms with Gasteiger partial charge >= 0.3 is 0 Å². The van der Waals surface area contributed by atoms with Crippen molar-refractivity contribution in [1.29, 1.82) is 0 Å². The average Bonchev–Trinajstić information content (AvgIpc) is 2.94. The number of nitrogens with one attached hydrogen (secondary N) is 1. The number of likely N-dealkylation sites (tertiary alicyclic amines) is 1. The zero-order valence-electron chi connectivity index (χ0n) is 24.6. The minimum absolute atomic E-state index is 0.135. The lowest BCUT2D eigenvalue weighted by Crippen LogP contribution is -2.41. The number of rotatable bonds is 12. The Morgan fingerprint density at radius 1 is 1.15 bits per heavy atom. The van der Waals surface area contributed by atoms with Crippen molar-refractivity contribution in [1.82, 2.24) is 10.2 Å². The second-order valence-electron chi connectivity index (χ2n) is 10.8. The molecule has 5 N–H and O–H groups in total. The molecule has 1 heterocycles. The van der Waals surface area contributed by atoms with Crippen molar-refractivity contribution < 1.29 is 13.9 Å². The van der Waals surface area contributed by atoms with E-state index < -0.39 is 5.67 Å². The van der Waals surface area contributed by atoms with Gasteiger partial charge in [0, 0.05) is 25.9 Å². The highest BCUT2D eigenvalue weighted by molar-refractivity contribution is 5.92. The van der Waals surface area contributed by atoms with E-state index in [1.54, 1.807) is 26.0 Å². The van der Waals surface area contributed by atoms with Crippen LogP contribution in [-0.4, -0.2) is 49.9 Å². The molecule has 0 saturated carbocycles. The van der Waals surface area contributed by atoms with Gasteiger partial charge in [0.25, 0.3) is 0 Å². The Hall–Kier alpha value is -3.39. The molecule has 0 aromatic heterocycles. The van der Waals surface area contributed by atoms with Crippen LogP contribution in [0.1, 0.15) is 62.6 Å². The molecule has 1 fully saturated rings. The number of benzene rings is 2. The third-order valence-corrected chi connectivity index (χ3v) is 7.24. The van der Waals surface area contributed by atoms with E-state index >= 15 is 0 Å². The van der Waals surface area contributed by atoms with Gasteiger partial charge in [-0.3, -0.25) is 4.79 Å². The number of alkyl halides is 1. The zero-order valence-corrected chi connectivity index (χ0v) is 24.6. The predicted molar refractivity (Wildman–Crippen MR) is 163 cm³/mol. The summed E-state index contributed by atoms with van der Waals surface area (Å²) in [7, 11) is 2.01. The second-order valence-corrected chi connectivity index (χ2v) is 10.8. The molecule has 1 aliphatic rings. The number of hydrogen-bond donors (Lipinski definition) is 3. The van der Waals surface area contributed by atoms with Crippen molar-refractivity contribution in [3.05, 3.63) is 77.4 Å². The smallest absolute Gasteiger partial charge is 0.204 e. The molecule has 220 valence electrons. The largest absolute Gasteiger partial charge is 0.490 e. The number of nitrogens with zero attached hydrogens (tertiary/aromatic N) is 2. The summed E-state index contributed by atoms with van der Waals surface area (Å²) >= 11 is 0. The average molecular weight is 554 g/mol. The second kappa shape index (κ2) is 17.3. The molecule has 40 heavy (non-hydrogen) atoms. The monoisotopic (exact) mass is 553 g/mol. The standard InChI is InChI=1S/C31H45FN4O.CH3NO/c1-24-8-10-26(11-9-24)13-12-25(18-21-34-4)6-5-7-30(35-33)36-22-19-29(20-23-36)37-28-16-14-27(15-17-28)31(2,3)32;2-1-3/h5,7-11,14-17,25,29,34H,6,12-13,18-23,33H2,1-4H3;1H,(H2,2,3)/b7-5-,35-30+;. The van der Waals surface area contributed by atoms with Crippen LogP contribution in [-0.2, 0) is 16.9 Å². The van der Waals surface area contributed by atoms with Gasteiger partial charge in [-0.25, -0.2) is 4.39 Å². The molecular weight excluding hydrogens is 505 g/mol. The normalized spacial score (nSPS) is 15.4. The van der Waals surface area contributed by atoms with E-state index in [-0.39, 0.29) is 12.5 Å². The van der Waals surface area contributed by atoms with Crippen molar-refractivity contribution in [2.45, 2.75) is 71.1 Å². The number of piperidine rings is 1. The van der Waals surface area contributed by atoms with Gasteiger partial charge in [0.05, 0.1) is 0 Å². The number of allylic oxidation sites excluding steroid dienone is 1. The van der Waals surface area contributed by atoms with E-state index in [2.05, 4.69) is 64.4 Å². The van der Waals surface area contributed by atoms with Gasteiger partial charge in [-0.05, 0) is 95.3 Å². The molecule has 8 heteroatoms. The van der Waals surface area contributed by atoms with E-state index in [4.69, 9.17) is 15.4 Å². The number of carbonyl (C=O) groups is 1. The van der Waals surface area contributed by atoms with Crippen LogP contribution in [0.2, 0.25) is 0 Å². The van der Waals surface area contributed by atoms with Crippen LogP contribution in [0.5, 0.6) is 5.75 Å². The van der Waals surface area contributed by atoms with Gasteiger partial charge < -0.3 is 26.5 Å². The molecule has 1 atom stereocenters. The molecule has 1 saturated heterocycles. The molecular formula is C32H48FN5O2. The first-order valence-corrected chi connectivity index (χ1v) is 14.2. The lowest BCUT2D eigenvalue weighted by molar-refractivity contribution is -0.106. The maximum Gasteiger partial charge on any atom is 0.204 e. The number of hydrogen-bond acceptors (Lipinski definition) is 5. The summed E-state index contributed by atoms with van der Waals surface area (Å²) in [6.45, 7) is 7.97. The number of aryl methyl sites for hydroxylation is 2. The first kappa shape index (κ1) is 32.8. The number of amidine groups is 1. The highest BCUT2D eigenvalue weighted by Crippen LogP contribution is 2.27. The topological polar surface area (TPSA) is 106 Å². The van der Waals surface area contributed by atoms with E-state index in [1.165, 1.54) is 11.1 Å². The zero-order chi connectivity index (χ0) is 29.4. The van der Waals surface area contributed by atoms with Crippen LogP contribution < -0.4 is 21.6 Å². The van der Waals surface area contributed by atoms with Gasteiger partial charge in [-0.2, -0.15) is 5.10 Å². The molecule has 0 radical (unpaired) electrons. The molecule has 3 rings (SSSR count). The van der Waals surface area contributed by atoms with E-state index in [9.17, 15) is 4.39 Å². The summed E-state index contributed by atoms with van der Waals surface area (Å²) < 4.78 is 20.3. The molecule has 2 aromatic carbocycles. The van der Waals surface area contributed by atoms with Crippen molar-refractivity contribution in [3.8, 4) is 5.75 Å². The molecule has 1 unspecified atom stereocenters. The van der Waals surface area contributed by atoms with Gasteiger partial charge in [-0.15, -0.1) is 0 Å². The van der Waals surface area contributed by atoms with Gasteiger partial charge in [0.2, 0.25) is 6.41 Å². The number of primary amides is 1. The summed E-state index contributed by atoms with van der Waals surface area (Å²) in [6.07, 6.45) is 10.9. The predicted octanol–water partition coefficient (Wildman–Crippen LogP) is 5.22. The van der Waals surface area contributed by atoms with Gasteiger partial charge in [0.15, 0.2) is 0 Å². The van der Waals surface area contributed by atoms with Crippen LogP contribution in [0, 0.1) is 12.8 Å². The van der Waals surface area contributed by atoms with Crippen molar-refractivity contribution >= 4 is 12.2 Å². The number of carbonyl (C=O) groups excluding carboxylic acids is 1. The van der Waals surface area contributed by atoms with Crippen LogP contribution in [0.15, 0.2) is 65.8 Å². The summed E-state index contributed by atoms with van der Waals surface area (Å²) in [4.78, 5) is 10.8. The fraction of sp³-hybridized carbons (Fsp3) is 0.500. The van der Waals surface area contributed by atoms with Gasteiger partial charge in [-0.1, -0.05) is 48.0 Å². The molecule has 0 bridgehead atoms. The number of ether oxygens (including phenoxy) is 1. The Balaban J connectivity index is 0.00000178. The molecule has 1 amide bonds. The highest BCUT2D eigenvalue weighted by Gasteiger charge is 2.23. The summed E-state index contributed by atoms with van der Waals surface area (Å²) in [5.41, 5.74) is 6.19. The number of nitrogens with two attached hydrogens (primary N) is 2. The first-order valence-electron chi connectivity index (χ1n) is 14.2. The summed E-state index contributed by atoms with van der Waals surface area (Å²) in [6, 6.07) is 16.2. The number of hydrazone groups is 1. The Bertz CT molecular complexity index is 1040. The maximum atomic E-state index is 14.1. The first-order chi connectivity index (χ1) is 19.2. The Kier molecular flexibility index (Phi) is 14.2. The lowest BCUT2D eigenvalue weighted by Gasteiger charge is -2.33. The van der Waals surface area contributed by atoms with Crippen LogP contribution in [0.25, 0.3) is 0 Å². The van der Waals surface area contributed by atoms with E-state index in [0.717, 1.165) is 69.7 Å². The molecule has 1 aliphatic heterocycles. The minimum atomic E-state index is -1.34. The maximum absolute atomic E-state index is 14.1. The SMILES string of the molecule is CNCCC(C/C=C\C(=N/N)N1CCC(Oc2ccc(C(C)(C)F)cc2)CC1)CCc1ccc(C)cc1.NC=O. The van der Waals surface area contributed by atoms with Crippen LogP contribution >= 0.6 is 0 Å². The highest BCUT2D eigenvalue weighted by atomic mass is 19.1. The molecule has 2 aromatic rings. The Morgan fingerprint density at radius 2 is 1.77 bits per heavy atom. The van der Waals surface area contributed by atoms with Crippen molar-refractivity contribution in [3.63, 3.8) is 0 Å². The third kappa shape index (κ3) is 11.8. The quantitative estimate of drug-likeness (QED) is 0.110. The number of halogens is 1. The fourth-order valence-electron chi connectivity index (χ4n) is 4.78. The number of amides is 1. The molecule has 7 nitrogen and oxygen atoms in total. The van der Waals surface area contributed by atoms with E-state index in [0.29, 0.717) is 11.5 Å². The van der Waals surface area contributed by atoms with Crippen molar-refractivity contribution in [2.75, 3.05) is 26.7 Å². The lowest BCUT2D eigenvalue weighted by atomic mass is 9.93. The minimum Gasteiger partial charge on any atom is -0.490 e. The third-order valence-electron chi connectivity index (χ3n) is 7.24. The Labute approximate surface area is 239 Å². The Morgan fingerprint density at radius 3 is 2.33 bits per heavy atom. The fourth-order valence-corrected chi connectivity index (χ4v) is 4.78. The molecule has 0 spiro atoms. The van der Waals surface area contributed by atoms with Crippen LogP contribution in [0.3, 0.4) is 0 Å². The van der Waals surface area contributed by atoms with Crippen LogP contribution in [0.4, 0.5) is 4.39 Å². The summed E-state index contributed by atoms with van der Waals surface area (Å²) in [5, 5.41) is 7.37. The van der Waals surface area contributed by atoms with Gasteiger partial charge in [0.1, 0.15) is 23.4 Å². The molecule has 0 aliphatic carbocycles.